The molecule has 2 rings (SSSR count). The van der Waals surface area contributed by atoms with E-state index >= 15 is 0 Å². The molecule has 2 aromatic rings. The Labute approximate surface area is 98.3 Å². The minimum atomic E-state index is -0.928. The topological polar surface area (TPSA) is 57.5 Å². The van der Waals surface area contributed by atoms with Crippen LogP contribution in [-0.2, 0) is 4.79 Å². The van der Waals surface area contributed by atoms with Crippen LogP contribution in [0, 0.1) is 11.8 Å². The predicted octanol–water partition coefficient (Wildman–Crippen LogP) is 2.37. The van der Waals surface area contributed by atoms with Gasteiger partial charge in [0.15, 0.2) is 0 Å². The van der Waals surface area contributed by atoms with E-state index in [4.69, 9.17) is 5.11 Å². The Hall–Kier alpha value is -2.47. The first-order valence-electron chi connectivity index (χ1n) is 5.08. The highest BCUT2D eigenvalue weighted by molar-refractivity contribution is 5.85. The Bertz CT molecular complexity index is 633. The van der Waals surface area contributed by atoms with Crippen molar-refractivity contribution >= 4 is 16.7 Å². The van der Waals surface area contributed by atoms with Gasteiger partial charge in [-0.2, -0.15) is 0 Å². The molecule has 0 bridgehead atoms. The molecule has 2 aromatic carbocycles. The van der Waals surface area contributed by atoms with Gasteiger partial charge in [-0.25, -0.2) is 0 Å². The summed E-state index contributed by atoms with van der Waals surface area (Å²) < 4.78 is 0. The van der Waals surface area contributed by atoms with Crippen molar-refractivity contribution in [1.29, 1.82) is 0 Å². The second kappa shape index (κ2) is 4.58. The van der Waals surface area contributed by atoms with E-state index < -0.39 is 5.97 Å². The summed E-state index contributed by atoms with van der Waals surface area (Å²) in [6.07, 6.45) is -0.159. The van der Waals surface area contributed by atoms with Crippen molar-refractivity contribution in [2.75, 3.05) is 0 Å². The molecule has 0 amide bonds. The van der Waals surface area contributed by atoms with Gasteiger partial charge in [0.25, 0.3) is 0 Å². The summed E-state index contributed by atoms with van der Waals surface area (Å²) in [5.74, 6) is 4.66. The van der Waals surface area contributed by atoms with Crippen LogP contribution in [0.25, 0.3) is 10.8 Å². The van der Waals surface area contributed by atoms with Crippen molar-refractivity contribution in [3.05, 3.63) is 42.0 Å². The molecule has 0 aliphatic rings. The number of phenolic OH excluding ortho intramolecular Hbond substituents is 1. The van der Waals surface area contributed by atoms with Gasteiger partial charge in [0.05, 0.1) is 0 Å². The SMILES string of the molecule is O=C(O)CC#Cc1ccc2cc(O)ccc2c1. The van der Waals surface area contributed by atoms with Crippen LogP contribution in [0.15, 0.2) is 36.4 Å². The average Bonchev–Trinajstić information content (AvgIpc) is 2.29. The zero-order valence-electron chi connectivity index (χ0n) is 8.97. The van der Waals surface area contributed by atoms with Crippen LogP contribution in [0.4, 0.5) is 0 Å². The number of hydrogen-bond donors (Lipinski definition) is 2. The fraction of sp³-hybridized carbons (Fsp3) is 0.0714. The van der Waals surface area contributed by atoms with Crippen molar-refractivity contribution in [2.24, 2.45) is 0 Å². The maximum absolute atomic E-state index is 10.3. The molecule has 3 heteroatoms. The number of phenols is 1. The molecule has 0 aromatic heterocycles. The van der Waals surface area contributed by atoms with Crippen molar-refractivity contribution in [1.82, 2.24) is 0 Å². The van der Waals surface area contributed by atoms with Crippen molar-refractivity contribution < 1.29 is 15.0 Å². The van der Waals surface area contributed by atoms with Gasteiger partial charge >= 0.3 is 5.97 Å². The number of carboxylic acid groups (broad SMARTS) is 1. The number of aliphatic carboxylic acids is 1. The zero-order chi connectivity index (χ0) is 12.3. The highest BCUT2D eigenvalue weighted by Gasteiger charge is 1.96. The average molecular weight is 226 g/mol. The van der Waals surface area contributed by atoms with E-state index in [1.165, 1.54) is 0 Å². The summed E-state index contributed by atoms with van der Waals surface area (Å²) in [6.45, 7) is 0. The van der Waals surface area contributed by atoms with Gasteiger partial charge in [-0.15, -0.1) is 0 Å². The molecule has 0 heterocycles. The summed E-state index contributed by atoms with van der Waals surface area (Å²) in [5.41, 5.74) is 0.768. The van der Waals surface area contributed by atoms with E-state index in [2.05, 4.69) is 11.8 Å². The van der Waals surface area contributed by atoms with Gasteiger partial charge in [-0.05, 0) is 35.0 Å². The summed E-state index contributed by atoms with van der Waals surface area (Å²) in [5, 5.41) is 19.7. The van der Waals surface area contributed by atoms with E-state index in [0.717, 1.165) is 16.3 Å². The van der Waals surface area contributed by atoms with E-state index in [9.17, 15) is 9.90 Å². The lowest BCUT2D eigenvalue weighted by molar-refractivity contribution is -0.135. The van der Waals surface area contributed by atoms with Crippen LogP contribution in [0.5, 0.6) is 5.75 Å². The van der Waals surface area contributed by atoms with Gasteiger partial charge in [0, 0.05) is 5.56 Å². The first-order valence-corrected chi connectivity index (χ1v) is 5.08. The fourth-order valence-electron chi connectivity index (χ4n) is 1.53. The van der Waals surface area contributed by atoms with E-state index in [1.54, 1.807) is 24.3 Å². The maximum atomic E-state index is 10.3. The molecule has 0 fully saturated rings. The predicted molar refractivity (Wildman–Crippen MR) is 64.7 cm³/mol. The Balaban J connectivity index is 2.34. The first-order chi connectivity index (χ1) is 8.15. The Morgan fingerprint density at radius 2 is 1.82 bits per heavy atom. The molecule has 0 radical (unpaired) electrons. The second-order valence-electron chi connectivity index (χ2n) is 3.62. The third kappa shape index (κ3) is 2.76. The lowest BCUT2D eigenvalue weighted by Crippen LogP contribution is -1.90. The Kier molecular flexibility index (Phi) is 2.97. The summed E-state index contributed by atoms with van der Waals surface area (Å²) in [6, 6.07) is 10.6. The summed E-state index contributed by atoms with van der Waals surface area (Å²) in [7, 11) is 0. The summed E-state index contributed by atoms with van der Waals surface area (Å²) in [4.78, 5) is 10.3. The number of hydrogen-bond acceptors (Lipinski definition) is 2. The molecular weight excluding hydrogens is 216 g/mol. The number of carbonyl (C=O) groups is 1. The molecule has 3 nitrogen and oxygen atoms in total. The molecule has 0 aliphatic heterocycles. The zero-order valence-corrected chi connectivity index (χ0v) is 8.97. The number of aromatic hydroxyl groups is 1. The largest absolute Gasteiger partial charge is 0.508 e. The molecule has 0 unspecified atom stereocenters. The third-order valence-electron chi connectivity index (χ3n) is 2.30. The normalized spacial score (nSPS) is 9.65. The highest BCUT2D eigenvalue weighted by atomic mass is 16.4. The van der Waals surface area contributed by atoms with Crippen LogP contribution in [0.1, 0.15) is 12.0 Å². The van der Waals surface area contributed by atoms with Gasteiger partial charge < -0.3 is 10.2 Å². The second-order valence-corrected chi connectivity index (χ2v) is 3.62. The third-order valence-corrected chi connectivity index (χ3v) is 2.30. The molecule has 0 aliphatic carbocycles. The summed E-state index contributed by atoms with van der Waals surface area (Å²) >= 11 is 0. The van der Waals surface area contributed by atoms with Crippen LogP contribution in [0.3, 0.4) is 0 Å². The van der Waals surface area contributed by atoms with Crippen LogP contribution in [-0.4, -0.2) is 16.2 Å². The lowest BCUT2D eigenvalue weighted by atomic mass is 10.1. The highest BCUT2D eigenvalue weighted by Crippen LogP contribution is 2.20. The molecular formula is C14H10O3. The van der Waals surface area contributed by atoms with E-state index in [1.807, 2.05) is 12.1 Å². The number of rotatable bonds is 1. The molecule has 0 atom stereocenters. The Morgan fingerprint density at radius 3 is 2.59 bits per heavy atom. The maximum Gasteiger partial charge on any atom is 0.315 e. The van der Waals surface area contributed by atoms with Crippen LogP contribution < -0.4 is 0 Å². The number of benzene rings is 2. The minimum Gasteiger partial charge on any atom is -0.508 e. The van der Waals surface area contributed by atoms with Crippen molar-refractivity contribution in [3.63, 3.8) is 0 Å². The molecule has 84 valence electrons. The smallest absolute Gasteiger partial charge is 0.315 e. The number of fused-ring (bicyclic) bond motifs is 1. The standard InChI is InChI=1S/C14H10O3/c15-13-7-6-11-8-10(2-1-3-14(16)17)4-5-12(11)9-13/h4-9,15H,3H2,(H,16,17). The Morgan fingerprint density at radius 1 is 1.12 bits per heavy atom. The quantitative estimate of drug-likeness (QED) is 0.734. The van der Waals surface area contributed by atoms with Crippen LogP contribution in [0.2, 0.25) is 0 Å². The molecule has 17 heavy (non-hydrogen) atoms. The molecule has 0 saturated carbocycles. The first kappa shape index (κ1) is 11.0. The van der Waals surface area contributed by atoms with Crippen LogP contribution >= 0.6 is 0 Å². The van der Waals surface area contributed by atoms with E-state index in [0.29, 0.717) is 0 Å². The molecule has 0 spiro atoms. The van der Waals surface area contributed by atoms with Crippen molar-refractivity contribution in [2.45, 2.75) is 6.42 Å². The number of carboxylic acids is 1. The lowest BCUT2D eigenvalue weighted by Gasteiger charge is -1.99. The van der Waals surface area contributed by atoms with Gasteiger partial charge in [-0.3, -0.25) is 4.79 Å². The van der Waals surface area contributed by atoms with Gasteiger partial charge in [0.1, 0.15) is 12.2 Å². The molecule has 2 N–H and O–H groups in total. The van der Waals surface area contributed by atoms with Crippen molar-refractivity contribution in [3.8, 4) is 17.6 Å². The fourth-order valence-corrected chi connectivity index (χ4v) is 1.53. The monoisotopic (exact) mass is 226 g/mol. The minimum absolute atomic E-state index is 0.159. The van der Waals surface area contributed by atoms with E-state index in [-0.39, 0.29) is 12.2 Å². The van der Waals surface area contributed by atoms with Gasteiger partial charge in [0.2, 0.25) is 0 Å². The molecule has 0 saturated heterocycles. The van der Waals surface area contributed by atoms with Gasteiger partial charge in [-0.1, -0.05) is 24.0 Å².